The molecule has 0 rings (SSSR count). The van der Waals surface area contributed by atoms with E-state index in [4.69, 9.17) is 0 Å². The second kappa shape index (κ2) is 1.39. The van der Waals surface area contributed by atoms with Gasteiger partial charge in [0.1, 0.15) is 0 Å². The Morgan fingerprint density at radius 3 is 0.750 bits per heavy atom. The van der Waals surface area contributed by atoms with Gasteiger partial charge in [0.15, 0.2) is 0 Å². The largest absolute Gasteiger partial charge is 1.00 e. The summed E-state index contributed by atoms with van der Waals surface area (Å²) in [6.07, 6.45) is 0. The van der Waals surface area contributed by atoms with Crippen molar-refractivity contribution in [3.8, 4) is 0 Å². The molecule has 0 bridgehead atoms. The Hall–Kier alpha value is 0.659. The van der Waals surface area contributed by atoms with Crippen LogP contribution < -0.4 is 0 Å². The number of hydrogen-bond acceptors (Lipinski definition) is 0. The van der Waals surface area contributed by atoms with E-state index in [1.54, 1.807) is 0 Å². The number of hydrogen-bond donors (Lipinski definition) is 0. The molecule has 0 amide bonds. The van der Waals surface area contributed by atoms with E-state index >= 15 is 0 Å². The van der Waals surface area contributed by atoms with Crippen LogP contribution in [0.5, 0.6) is 0 Å². The van der Waals surface area contributed by atoms with Crippen molar-refractivity contribution in [2.24, 2.45) is 0 Å². The third-order valence-electron chi connectivity index (χ3n) is 0. The van der Waals surface area contributed by atoms with Gasteiger partial charge in [0.05, 0.1) is 0 Å². The molecule has 0 N–H and O–H groups in total. The van der Waals surface area contributed by atoms with Gasteiger partial charge in [0.25, 0.3) is 0 Å². The molecule has 0 fully saturated rings. The van der Waals surface area contributed by atoms with Crippen molar-refractivity contribution in [2.45, 2.75) is 0 Å². The van der Waals surface area contributed by atoms with E-state index in [2.05, 4.69) is 0 Å². The summed E-state index contributed by atoms with van der Waals surface area (Å²) in [5.41, 5.74) is 0. The molecule has 0 saturated heterocycles. The molecule has 8 heteroatoms. The van der Waals surface area contributed by atoms with Crippen LogP contribution >= 0.6 is 7.81 Å². The van der Waals surface area contributed by atoms with Gasteiger partial charge in [-0.1, -0.05) is 0 Å². The zero-order valence-corrected chi connectivity index (χ0v) is 6.34. The smallest absolute Gasteiger partial charge is 0 e. The molecule has 0 heterocycles. The first-order chi connectivity index (χ1) is 2.45. The maximum Gasteiger partial charge on any atom is 1.00 e. The van der Waals surface area contributed by atoms with Gasteiger partial charge < -0.3 is 0 Å². The summed E-state index contributed by atoms with van der Waals surface area (Å²) in [5.74, 6) is 0. The minimum absolute atomic E-state index is 0. The van der Waals surface area contributed by atoms with Gasteiger partial charge in [-0.2, -0.15) is 0 Å². The molecule has 0 saturated carbocycles. The van der Waals surface area contributed by atoms with Crippen molar-refractivity contribution in [1.82, 2.24) is 0 Å². The predicted molar refractivity (Wildman–Crippen MR) is 14.7 cm³/mol. The fourth-order valence-electron chi connectivity index (χ4n) is 0. The summed E-state index contributed by atoms with van der Waals surface area (Å²) in [7, 11) is -10.7. The van der Waals surface area contributed by atoms with E-state index < -0.39 is 7.81 Å². The van der Waals surface area contributed by atoms with Gasteiger partial charge >= 0.3 is 34.4 Å². The summed E-state index contributed by atoms with van der Waals surface area (Å²) in [6.45, 7) is 0. The van der Waals surface area contributed by atoms with Crippen LogP contribution in [0.2, 0.25) is 0 Å². The van der Waals surface area contributed by atoms with Crippen LogP contribution in [0, 0.1) is 0 Å². The van der Waals surface area contributed by atoms with E-state index in [0.29, 0.717) is 0 Å². The van der Waals surface area contributed by atoms with E-state index in [9.17, 15) is 25.2 Å². The molecular weight excluding hydrogens is 337 g/mol. The van der Waals surface area contributed by atoms with Gasteiger partial charge in [-0.25, -0.2) is 0 Å². The number of rotatable bonds is 0. The van der Waals surface area contributed by atoms with Gasteiger partial charge in [-0.3, -0.25) is 0 Å². The summed E-state index contributed by atoms with van der Waals surface area (Å²) >= 11 is 0. The van der Waals surface area contributed by atoms with Crippen LogP contribution in [0.15, 0.2) is 0 Å². The molecule has 0 atom stereocenters. The average Bonchev–Trinajstić information content (AvgIpc) is 0.592. The maximum atomic E-state index is 9.87. The van der Waals surface area contributed by atoms with Gasteiger partial charge in [-0.05, 0) is 0 Å². The Bertz CT molecular complexity index is 71.6. The first kappa shape index (κ1) is 11.5. The summed E-state index contributed by atoms with van der Waals surface area (Å²) < 4.78 is 59.2. The molecule has 57 valence electrons. The third kappa shape index (κ3) is 491. The Morgan fingerprint density at radius 1 is 0.750 bits per heavy atom. The summed E-state index contributed by atoms with van der Waals surface area (Å²) in [4.78, 5) is 0. The molecule has 0 unspecified atom stereocenters. The topological polar surface area (TPSA) is 0 Å². The van der Waals surface area contributed by atoms with Crippen LogP contribution in [0.1, 0.15) is 1.43 Å². The van der Waals surface area contributed by atoms with Gasteiger partial charge in [-0.15, -0.1) is 0 Å². The van der Waals surface area contributed by atoms with Crippen LogP contribution in [0.3, 0.4) is 0 Å². The van der Waals surface area contributed by atoms with E-state index in [1.807, 2.05) is 0 Å². The zero-order valence-electron chi connectivity index (χ0n) is 4.05. The Labute approximate surface area is 55.3 Å². The SMILES string of the molecule is F[P-](F)(F)(F)(F)F.[H+].[Ir]. The van der Waals surface area contributed by atoms with E-state index in [1.165, 1.54) is 0 Å². The molecule has 0 nitrogen and oxygen atoms in total. The molecule has 0 aliphatic carbocycles. The minimum Gasteiger partial charge on any atom is 0 e. The molecule has 1 radical (unpaired) electrons. The Kier molecular flexibility index (Phi) is 1.98. The molecule has 8 heavy (non-hydrogen) atoms. The summed E-state index contributed by atoms with van der Waals surface area (Å²) in [5, 5.41) is 0. The van der Waals surface area contributed by atoms with Crippen molar-refractivity contribution in [3.63, 3.8) is 0 Å². The normalized spacial score (nSPS) is 20.2. The first-order valence-electron chi connectivity index (χ1n) is 1.01. The molecule has 0 aromatic rings. The maximum absolute atomic E-state index is 10.7. The van der Waals surface area contributed by atoms with Gasteiger partial charge in [0, 0.05) is 20.1 Å². The second-order valence-electron chi connectivity index (χ2n) is 0.958. The van der Waals surface area contributed by atoms with Crippen molar-refractivity contribution >= 4 is 7.81 Å². The second-order valence-corrected chi connectivity index (χ2v) is 2.87. The van der Waals surface area contributed by atoms with Crippen molar-refractivity contribution in [3.05, 3.63) is 0 Å². The van der Waals surface area contributed by atoms with Crippen LogP contribution in [0.4, 0.5) is 25.2 Å². The first-order valence-corrected chi connectivity index (χ1v) is 3.04. The van der Waals surface area contributed by atoms with Crippen LogP contribution in [0.25, 0.3) is 0 Å². The van der Waals surface area contributed by atoms with E-state index in [-0.39, 0.29) is 21.5 Å². The fraction of sp³-hybridized carbons (Fsp3) is 0. The Balaban J connectivity index is -0.000000180. The monoisotopic (exact) mass is 339 g/mol. The quantitative estimate of drug-likeness (QED) is 0.469. The van der Waals surface area contributed by atoms with E-state index in [0.717, 1.165) is 0 Å². The average molecular weight is 338 g/mol. The number of halogens is 6. The molecule has 0 spiro atoms. The van der Waals surface area contributed by atoms with Crippen molar-refractivity contribution in [2.75, 3.05) is 0 Å². The van der Waals surface area contributed by atoms with Gasteiger partial charge in [0.2, 0.25) is 0 Å². The van der Waals surface area contributed by atoms with Crippen molar-refractivity contribution in [1.29, 1.82) is 0 Å². The zero-order chi connectivity index (χ0) is 6.41. The standard InChI is InChI=1S/F6P.Ir/c1-7(2,3,4,5)6;/q-1;/p+1. The minimum atomic E-state index is -10.7. The fourth-order valence-corrected chi connectivity index (χ4v) is 0. The molecule has 0 aliphatic rings. The molecule has 0 aliphatic heterocycles. The van der Waals surface area contributed by atoms with Crippen molar-refractivity contribution < 1.29 is 46.7 Å². The molecule has 0 aromatic heterocycles. The summed E-state index contributed by atoms with van der Waals surface area (Å²) in [6, 6.07) is 0. The van der Waals surface area contributed by atoms with Crippen LogP contribution in [-0.4, -0.2) is 0 Å². The third-order valence-corrected chi connectivity index (χ3v) is 0. The predicted octanol–water partition coefficient (Wildman–Crippen LogP) is 3.49. The molecule has 0 aromatic carbocycles. The Morgan fingerprint density at radius 2 is 0.750 bits per heavy atom. The van der Waals surface area contributed by atoms with Crippen LogP contribution in [-0.2, 0) is 20.1 Å². The molecular formula is HF6IrP.